The Labute approximate surface area is 87.1 Å². The van der Waals surface area contributed by atoms with Crippen LogP contribution in [0.2, 0.25) is 0 Å². The fourth-order valence-corrected chi connectivity index (χ4v) is 2.13. The molecule has 86 valence electrons. The minimum absolute atomic E-state index is 0.211. The average molecular weight is 223 g/mol. The van der Waals surface area contributed by atoms with Gasteiger partial charge in [0.05, 0.1) is 5.75 Å². The number of hydrogen-bond donors (Lipinski definition) is 1. The summed E-state index contributed by atoms with van der Waals surface area (Å²) in [4.78, 5) is 0. The third kappa shape index (κ3) is 8.47. The Morgan fingerprint density at radius 2 is 1.86 bits per heavy atom. The van der Waals surface area contributed by atoms with Crippen molar-refractivity contribution < 1.29 is 13.2 Å². The van der Waals surface area contributed by atoms with Crippen molar-refractivity contribution in [3.8, 4) is 0 Å². The van der Waals surface area contributed by atoms with Gasteiger partial charge in [0.1, 0.15) is 0 Å². The second-order valence-electron chi connectivity index (χ2n) is 3.18. The van der Waals surface area contributed by atoms with E-state index in [1.54, 1.807) is 0 Å². The van der Waals surface area contributed by atoms with E-state index in [1.807, 2.05) is 13.8 Å². The summed E-state index contributed by atoms with van der Waals surface area (Å²) < 4.78 is 30.1. The standard InChI is InChI=1S/C9H21NO3S/c1-3-7-13-8-5-6-10-14(11,12)9-4-2/h10H,3-9H2,1-2H3. The molecule has 0 aromatic rings. The summed E-state index contributed by atoms with van der Waals surface area (Å²) in [6.45, 7) is 5.75. The van der Waals surface area contributed by atoms with Crippen LogP contribution in [0.1, 0.15) is 33.1 Å². The zero-order chi connectivity index (χ0) is 10.9. The largest absolute Gasteiger partial charge is 0.381 e. The van der Waals surface area contributed by atoms with Crippen LogP contribution in [-0.2, 0) is 14.8 Å². The van der Waals surface area contributed by atoms with Gasteiger partial charge >= 0.3 is 0 Å². The molecule has 0 bridgehead atoms. The quantitative estimate of drug-likeness (QED) is 0.596. The van der Waals surface area contributed by atoms with E-state index >= 15 is 0 Å². The zero-order valence-corrected chi connectivity index (χ0v) is 9.90. The molecule has 0 aliphatic heterocycles. The van der Waals surface area contributed by atoms with Crippen LogP contribution in [0, 0.1) is 0 Å². The van der Waals surface area contributed by atoms with Crippen LogP contribution in [-0.4, -0.2) is 33.9 Å². The molecule has 0 saturated carbocycles. The topological polar surface area (TPSA) is 55.4 Å². The molecule has 14 heavy (non-hydrogen) atoms. The molecule has 0 fully saturated rings. The molecule has 0 amide bonds. The van der Waals surface area contributed by atoms with Gasteiger partial charge in [-0.1, -0.05) is 13.8 Å². The van der Waals surface area contributed by atoms with Gasteiger partial charge in [0.25, 0.3) is 0 Å². The SMILES string of the molecule is CCCOCCCNS(=O)(=O)CCC. The monoisotopic (exact) mass is 223 g/mol. The number of hydrogen-bond acceptors (Lipinski definition) is 3. The highest BCUT2D eigenvalue weighted by atomic mass is 32.2. The van der Waals surface area contributed by atoms with Gasteiger partial charge in [0.15, 0.2) is 0 Å². The maximum Gasteiger partial charge on any atom is 0.211 e. The van der Waals surface area contributed by atoms with E-state index in [9.17, 15) is 8.42 Å². The first-order valence-electron chi connectivity index (χ1n) is 5.17. The van der Waals surface area contributed by atoms with Gasteiger partial charge in [-0.2, -0.15) is 0 Å². The van der Waals surface area contributed by atoms with Crippen molar-refractivity contribution in [3.05, 3.63) is 0 Å². The lowest BCUT2D eigenvalue weighted by Crippen LogP contribution is -2.27. The summed E-state index contributed by atoms with van der Waals surface area (Å²) in [6, 6.07) is 0. The first-order chi connectivity index (χ1) is 6.62. The molecule has 4 nitrogen and oxygen atoms in total. The highest BCUT2D eigenvalue weighted by Gasteiger charge is 2.06. The molecule has 0 aromatic carbocycles. The number of ether oxygens (including phenoxy) is 1. The van der Waals surface area contributed by atoms with E-state index in [2.05, 4.69) is 4.72 Å². The lowest BCUT2D eigenvalue weighted by atomic mass is 10.4. The van der Waals surface area contributed by atoms with E-state index in [-0.39, 0.29) is 5.75 Å². The Hall–Kier alpha value is -0.130. The third-order valence-corrected chi connectivity index (χ3v) is 3.20. The van der Waals surface area contributed by atoms with Gasteiger partial charge in [0, 0.05) is 19.8 Å². The first kappa shape index (κ1) is 13.9. The summed E-state index contributed by atoms with van der Waals surface area (Å²) in [5.41, 5.74) is 0. The number of rotatable bonds is 9. The van der Waals surface area contributed by atoms with Crippen molar-refractivity contribution in [2.75, 3.05) is 25.5 Å². The van der Waals surface area contributed by atoms with Crippen molar-refractivity contribution in [1.82, 2.24) is 4.72 Å². The van der Waals surface area contributed by atoms with Crippen LogP contribution in [0.15, 0.2) is 0 Å². The van der Waals surface area contributed by atoms with E-state index < -0.39 is 10.0 Å². The van der Waals surface area contributed by atoms with Crippen molar-refractivity contribution in [2.24, 2.45) is 0 Å². The average Bonchev–Trinajstić information content (AvgIpc) is 2.11. The second-order valence-corrected chi connectivity index (χ2v) is 5.11. The summed E-state index contributed by atoms with van der Waals surface area (Å²) in [6.07, 6.45) is 2.40. The van der Waals surface area contributed by atoms with Crippen LogP contribution in [0.3, 0.4) is 0 Å². The molecule has 0 spiro atoms. The van der Waals surface area contributed by atoms with E-state index in [1.165, 1.54) is 0 Å². The minimum Gasteiger partial charge on any atom is -0.381 e. The molecule has 0 radical (unpaired) electrons. The molecule has 0 atom stereocenters. The van der Waals surface area contributed by atoms with Crippen LogP contribution < -0.4 is 4.72 Å². The minimum atomic E-state index is -3.03. The summed E-state index contributed by atoms with van der Waals surface area (Å²) in [7, 11) is -3.03. The molecule has 0 aromatic heterocycles. The molecule has 0 aliphatic carbocycles. The Bertz CT molecular complexity index is 214. The normalized spacial score (nSPS) is 11.9. The van der Waals surface area contributed by atoms with Gasteiger partial charge in [-0.25, -0.2) is 13.1 Å². The zero-order valence-electron chi connectivity index (χ0n) is 9.08. The van der Waals surface area contributed by atoms with Crippen LogP contribution in [0.25, 0.3) is 0 Å². The fourth-order valence-electron chi connectivity index (χ4n) is 0.989. The van der Waals surface area contributed by atoms with Crippen LogP contribution >= 0.6 is 0 Å². The third-order valence-electron chi connectivity index (χ3n) is 1.61. The van der Waals surface area contributed by atoms with Crippen molar-refractivity contribution in [2.45, 2.75) is 33.1 Å². The van der Waals surface area contributed by atoms with Gasteiger partial charge < -0.3 is 4.74 Å². The molecule has 0 saturated heterocycles. The van der Waals surface area contributed by atoms with Crippen molar-refractivity contribution in [3.63, 3.8) is 0 Å². The van der Waals surface area contributed by atoms with E-state index in [4.69, 9.17) is 4.74 Å². The maximum atomic E-state index is 11.2. The van der Waals surface area contributed by atoms with Gasteiger partial charge in [-0.3, -0.25) is 0 Å². The van der Waals surface area contributed by atoms with Gasteiger partial charge in [-0.05, 0) is 19.3 Å². The molecule has 5 heteroatoms. The van der Waals surface area contributed by atoms with Crippen LogP contribution in [0.4, 0.5) is 0 Å². The van der Waals surface area contributed by atoms with Gasteiger partial charge in [0.2, 0.25) is 10.0 Å². The molecular formula is C9H21NO3S. The Kier molecular flexibility index (Phi) is 8.12. The van der Waals surface area contributed by atoms with Crippen LogP contribution in [0.5, 0.6) is 0 Å². The number of sulfonamides is 1. The molecule has 0 rings (SSSR count). The lowest BCUT2D eigenvalue weighted by molar-refractivity contribution is 0.133. The second kappa shape index (κ2) is 8.20. The smallest absolute Gasteiger partial charge is 0.211 e. The first-order valence-corrected chi connectivity index (χ1v) is 6.82. The highest BCUT2D eigenvalue weighted by Crippen LogP contribution is 1.89. The molecule has 0 aliphatic rings. The van der Waals surface area contributed by atoms with E-state index in [0.29, 0.717) is 19.6 Å². The molecular weight excluding hydrogens is 202 g/mol. The Morgan fingerprint density at radius 1 is 1.14 bits per heavy atom. The predicted octanol–water partition coefficient (Wildman–Crippen LogP) is 1.13. The predicted molar refractivity (Wildman–Crippen MR) is 57.8 cm³/mol. The lowest BCUT2D eigenvalue weighted by Gasteiger charge is -2.05. The molecule has 1 N–H and O–H groups in total. The summed E-state index contributed by atoms with van der Waals surface area (Å²) in [5, 5.41) is 0. The maximum absolute atomic E-state index is 11.2. The molecule has 0 heterocycles. The Balaban J connectivity index is 3.35. The van der Waals surface area contributed by atoms with E-state index in [0.717, 1.165) is 19.4 Å². The summed E-state index contributed by atoms with van der Waals surface area (Å²) in [5.74, 6) is 0.211. The van der Waals surface area contributed by atoms with Crippen molar-refractivity contribution >= 4 is 10.0 Å². The summed E-state index contributed by atoms with van der Waals surface area (Å²) >= 11 is 0. The highest BCUT2D eigenvalue weighted by molar-refractivity contribution is 7.89. The van der Waals surface area contributed by atoms with Gasteiger partial charge in [-0.15, -0.1) is 0 Å². The van der Waals surface area contributed by atoms with Crippen molar-refractivity contribution in [1.29, 1.82) is 0 Å². The number of nitrogens with one attached hydrogen (secondary N) is 1. The molecule has 0 unspecified atom stereocenters. The Morgan fingerprint density at radius 3 is 2.43 bits per heavy atom. The fraction of sp³-hybridized carbons (Fsp3) is 1.00.